The number of carboxylic acid groups (broad SMARTS) is 1. The molecule has 0 spiro atoms. The minimum Gasteiger partial charge on any atom is -0.479 e. The fourth-order valence-electron chi connectivity index (χ4n) is 2.93. The van der Waals surface area contributed by atoms with Gasteiger partial charge in [-0.15, -0.1) is 0 Å². The summed E-state index contributed by atoms with van der Waals surface area (Å²) < 4.78 is 5.57. The van der Waals surface area contributed by atoms with E-state index in [9.17, 15) is 4.79 Å². The van der Waals surface area contributed by atoms with E-state index in [0.29, 0.717) is 12.5 Å². The minimum absolute atomic E-state index is 0.104. The van der Waals surface area contributed by atoms with E-state index in [2.05, 4.69) is 23.9 Å². The van der Waals surface area contributed by atoms with Gasteiger partial charge >= 0.3 is 5.97 Å². The molecule has 0 aliphatic carbocycles. The maximum absolute atomic E-state index is 10.8. The van der Waals surface area contributed by atoms with Crippen LogP contribution in [0.15, 0.2) is 0 Å². The maximum Gasteiger partial charge on any atom is 0.332 e. The number of aliphatic carboxylic acids is 1. The van der Waals surface area contributed by atoms with E-state index in [4.69, 9.17) is 9.84 Å². The summed E-state index contributed by atoms with van der Waals surface area (Å²) in [6, 6.07) is 0.621. The van der Waals surface area contributed by atoms with Crippen LogP contribution < -0.4 is 0 Å². The van der Waals surface area contributed by atoms with E-state index in [-0.39, 0.29) is 6.10 Å². The second-order valence-corrected chi connectivity index (χ2v) is 5.68. The van der Waals surface area contributed by atoms with Crippen molar-refractivity contribution in [3.63, 3.8) is 0 Å². The van der Waals surface area contributed by atoms with E-state index in [1.165, 1.54) is 12.8 Å². The third-order valence-electron chi connectivity index (χ3n) is 4.06. The molecule has 0 aromatic rings. The Morgan fingerprint density at radius 2 is 2.17 bits per heavy atom. The second kappa shape index (κ2) is 5.99. The van der Waals surface area contributed by atoms with Gasteiger partial charge in [-0.3, -0.25) is 4.90 Å². The normalized spacial score (nSPS) is 34.1. The first-order valence-electron chi connectivity index (χ1n) is 6.83. The smallest absolute Gasteiger partial charge is 0.332 e. The lowest BCUT2D eigenvalue weighted by molar-refractivity contribution is -0.149. The number of carboxylic acids is 1. The average Bonchev–Trinajstić information content (AvgIpc) is 2.78. The van der Waals surface area contributed by atoms with Crippen molar-refractivity contribution in [2.24, 2.45) is 0 Å². The Labute approximate surface area is 109 Å². The molecule has 2 fully saturated rings. The fourth-order valence-corrected chi connectivity index (χ4v) is 2.93. The van der Waals surface area contributed by atoms with Gasteiger partial charge in [0.1, 0.15) is 0 Å². The Kier molecular flexibility index (Phi) is 4.59. The van der Waals surface area contributed by atoms with Crippen molar-refractivity contribution < 1.29 is 14.6 Å². The van der Waals surface area contributed by atoms with Crippen LogP contribution in [0.3, 0.4) is 0 Å². The minimum atomic E-state index is -0.817. The number of rotatable bonds is 4. The Hall–Kier alpha value is -0.650. The summed E-state index contributed by atoms with van der Waals surface area (Å²) in [5.41, 5.74) is 0. The van der Waals surface area contributed by atoms with Crippen molar-refractivity contribution in [3.8, 4) is 0 Å². The van der Waals surface area contributed by atoms with Crippen molar-refractivity contribution in [2.45, 2.75) is 43.9 Å². The van der Waals surface area contributed by atoms with E-state index in [1.807, 2.05) is 0 Å². The van der Waals surface area contributed by atoms with Crippen molar-refractivity contribution >= 4 is 5.97 Å². The number of nitrogens with zero attached hydrogens (tertiary/aromatic N) is 2. The SMILES string of the molecule is CN(C)C1CCCN(C[C@H]2CC[C@@H](C(=O)O)O2)C1. The van der Waals surface area contributed by atoms with Crippen molar-refractivity contribution in [3.05, 3.63) is 0 Å². The molecule has 0 saturated carbocycles. The molecule has 0 aromatic heterocycles. The summed E-state index contributed by atoms with van der Waals surface area (Å²) in [6.07, 6.45) is 3.53. The fraction of sp³-hybridized carbons (Fsp3) is 0.923. The molecule has 2 saturated heterocycles. The van der Waals surface area contributed by atoms with Crippen LogP contribution in [0.4, 0.5) is 0 Å². The summed E-state index contributed by atoms with van der Waals surface area (Å²) in [7, 11) is 4.25. The Morgan fingerprint density at radius 1 is 1.39 bits per heavy atom. The molecular formula is C13H24N2O3. The van der Waals surface area contributed by atoms with Gasteiger partial charge < -0.3 is 14.7 Å². The van der Waals surface area contributed by atoms with E-state index in [1.54, 1.807) is 0 Å². The summed E-state index contributed by atoms with van der Waals surface area (Å²) in [6.45, 7) is 3.07. The van der Waals surface area contributed by atoms with Crippen LogP contribution in [0.25, 0.3) is 0 Å². The molecule has 0 amide bonds. The average molecular weight is 256 g/mol. The first-order valence-corrected chi connectivity index (χ1v) is 6.83. The molecule has 1 unspecified atom stereocenters. The van der Waals surface area contributed by atoms with Crippen LogP contribution in [0.5, 0.6) is 0 Å². The lowest BCUT2D eigenvalue weighted by atomic mass is 10.0. The Morgan fingerprint density at radius 3 is 2.78 bits per heavy atom. The molecule has 1 N–H and O–H groups in total. The molecule has 3 atom stereocenters. The molecule has 0 aromatic carbocycles. The van der Waals surface area contributed by atoms with Crippen LogP contribution in [-0.2, 0) is 9.53 Å². The van der Waals surface area contributed by atoms with E-state index in [0.717, 1.165) is 26.1 Å². The summed E-state index contributed by atoms with van der Waals surface area (Å²) in [4.78, 5) is 15.5. The van der Waals surface area contributed by atoms with Crippen molar-refractivity contribution in [1.82, 2.24) is 9.80 Å². The number of piperidine rings is 1. The molecule has 5 heteroatoms. The molecule has 104 valence electrons. The quantitative estimate of drug-likeness (QED) is 0.800. The number of ether oxygens (including phenoxy) is 1. The van der Waals surface area contributed by atoms with Crippen LogP contribution in [-0.4, -0.2) is 72.9 Å². The van der Waals surface area contributed by atoms with Crippen LogP contribution >= 0.6 is 0 Å². The zero-order valence-corrected chi connectivity index (χ0v) is 11.3. The number of likely N-dealkylation sites (tertiary alicyclic amines) is 1. The van der Waals surface area contributed by atoms with Crippen LogP contribution in [0.2, 0.25) is 0 Å². The van der Waals surface area contributed by atoms with E-state index < -0.39 is 12.1 Å². The summed E-state index contributed by atoms with van der Waals surface area (Å²) in [5.74, 6) is -0.817. The van der Waals surface area contributed by atoms with Crippen LogP contribution in [0, 0.1) is 0 Å². The van der Waals surface area contributed by atoms with E-state index >= 15 is 0 Å². The molecule has 0 bridgehead atoms. The van der Waals surface area contributed by atoms with Gasteiger partial charge in [0.25, 0.3) is 0 Å². The highest BCUT2D eigenvalue weighted by Crippen LogP contribution is 2.22. The predicted octanol–water partition coefficient (Wildman–Crippen LogP) is 0.645. The molecule has 5 nitrogen and oxygen atoms in total. The lowest BCUT2D eigenvalue weighted by Crippen LogP contribution is -2.47. The summed E-state index contributed by atoms with van der Waals surface area (Å²) >= 11 is 0. The predicted molar refractivity (Wildman–Crippen MR) is 68.7 cm³/mol. The van der Waals surface area contributed by atoms with Gasteiger partial charge in [-0.05, 0) is 46.3 Å². The highest BCUT2D eigenvalue weighted by Gasteiger charge is 2.32. The molecule has 18 heavy (non-hydrogen) atoms. The zero-order valence-electron chi connectivity index (χ0n) is 11.3. The third-order valence-corrected chi connectivity index (χ3v) is 4.06. The van der Waals surface area contributed by atoms with Gasteiger partial charge in [-0.25, -0.2) is 4.79 Å². The monoisotopic (exact) mass is 256 g/mol. The molecule has 2 aliphatic heterocycles. The first kappa shape index (κ1) is 13.8. The van der Waals surface area contributed by atoms with Gasteiger partial charge in [0.15, 0.2) is 6.10 Å². The van der Waals surface area contributed by atoms with Gasteiger partial charge in [0.2, 0.25) is 0 Å². The Balaban J connectivity index is 1.78. The van der Waals surface area contributed by atoms with Gasteiger partial charge in [0.05, 0.1) is 6.10 Å². The molecule has 2 aliphatic rings. The number of hydrogen-bond acceptors (Lipinski definition) is 4. The first-order chi connectivity index (χ1) is 8.56. The van der Waals surface area contributed by atoms with Gasteiger partial charge in [0, 0.05) is 19.1 Å². The largest absolute Gasteiger partial charge is 0.479 e. The number of hydrogen-bond donors (Lipinski definition) is 1. The van der Waals surface area contributed by atoms with Crippen molar-refractivity contribution in [2.75, 3.05) is 33.7 Å². The number of carbonyl (C=O) groups is 1. The van der Waals surface area contributed by atoms with Crippen molar-refractivity contribution in [1.29, 1.82) is 0 Å². The third kappa shape index (κ3) is 3.43. The summed E-state index contributed by atoms with van der Waals surface area (Å²) in [5, 5.41) is 8.91. The van der Waals surface area contributed by atoms with Gasteiger partial charge in [-0.1, -0.05) is 0 Å². The topological polar surface area (TPSA) is 53.0 Å². The highest BCUT2D eigenvalue weighted by atomic mass is 16.5. The van der Waals surface area contributed by atoms with Crippen LogP contribution in [0.1, 0.15) is 25.7 Å². The molecule has 2 heterocycles. The van der Waals surface area contributed by atoms with Gasteiger partial charge in [-0.2, -0.15) is 0 Å². The number of likely N-dealkylation sites (N-methyl/N-ethyl adjacent to an activating group) is 1. The molecule has 0 radical (unpaired) electrons. The highest BCUT2D eigenvalue weighted by molar-refractivity contribution is 5.72. The zero-order chi connectivity index (χ0) is 13.1. The standard InChI is InChI=1S/C13H24N2O3/c1-14(2)10-4-3-7-15(8-10)9-11-5-6-12(18-11)13(16)17/h10-12H,3-9H2,1-2H3,(H,16,17)/t10?,11-,12+/m1/s1. The maximum atomic E-state index is 10.8. The lowest BCUT2D eigenvalue weighted by Gasteiger charge is -2.37. The second-order valence-electron chi connectivity index (χ2n) is 5.68. The molecule has 2 rings (SSSR count). The Bertz CT molecular complexity index is 296. The molecular weight excluding hydrogens is 232 g/mol.